The van der Waals surface area contributed by atoms with Gasteiger partial charge in [-0.3, -0.25) is 19.7 Å². The lowest BCUT2D eigenvalue weighted by atomic mass is 10.1. The average molecular weight is 422 g/mol. The summed E-state index contributed by atoms with van der Waals surface area (Å²) in [5, 5.41) is 5.45. The first-order chi connectivity index (χ1) is 14.0. The molecule has 2 amide bonds. The maximum absolute atomic E-state index is 12.5. The molecule has 2 rings (SSSR count). The van der Waals surface area contributed by atoms with Crippen LogP contribution in [0.3, 0.4) is 0 Å². The van der Waals surface area contributed by atoms with Gasteiger partial charge in [0.15, 0.2) is 5.11 Å². The minimum Gasteiger partial charge on any atom is -0.494 e. The Morgan fingerprint density at radius 3 is 2.55 bits per heavy atom. The summed E-state index contributed by atoms with van der Waals surface area (Å²) in [7, 11) is 0. The molecular formula is C20H27N3O5S. The zero-order valence-corrected chi connectivity index (χ0v) is 17.5. The van der Waals surface area contributed by atoms with Crippen LogP contribution in [-0.2, 0) is 14.3 Å². The van der Waals surface area contributed by atoms with E-state index in [9.17, 15) is 14.4 Å². The fourth-order valence-corrected chi connectivity index (χ4v) is 3.07. The number of thiocarbonyl (C=S) groups is 1. The third-order valence-corrected chi connectivity index (χ3v) is 4.57. The number of amides is 2. The van der Waals surface area contributed by atoms with E-state index < -0.39 is 17.9 Å². The highest BCUT2D eigenvalue weighted by Crippen LogP contribution is 2.14. The van der Waals surface area contributed by atoms with Gasteiger partial charge in [0.25, 0.3) is 5.91 Å². The smallest absolute Gasteiger partial charge is 0.308 e. The van der Waals surface area contributed by atoms with Gasteiger partial charge < -0.3 is 19.7 Å². The summed E-state index contributed by atoms with van der Waals surface area (Å²) in [6, 6.07) is 5.91. The predicted octanol–water partition coefficient (Wildman–Crippen LogP) is 1.63. The van der Waals surface area contributed by atoms with Gasteiger partial charge in [0.2, 0.25) is 5.91 Å². The first-order valence-corrected chi connectivity index (χ1v) is 10.1. The monoisotopic (exact) mass is 421 g/mol. The number of ether oxygens (including phenoxy) is 2. The molecule has 1 heterocycles. The number of esters is 1. The van der Waals surface area contributed by atoms with E-state index in [0.29, 0.717) is 44.0 Å². The van der Waals surface area contributed by atoms with Gasteiger partial charge >= 0.3 is 5.97 Å². The Balaban J connectivity index is 1.99. The number of benzene rings is 1. The van der Waals surface area contributed by atoms with E-state index in [4.69, 9.17) is 21.7 Å². The van der Waals surface area contributed by atoms with E-state index in [1.165, 1.54) is 0 Å². The molecule has 158 valence electrons. The van der Waals surface area contributed by atoms with E-state index in [2.05, 4.69) is 10.6 Å². The Hall–Kier alpha value is -2.68. The number of nitrogens with one attached hydrogen (secondary N) is 2. The fourth-order valence-electron chi connectivity index (χ4n) is 2.76. The standard InChI is InChI=1S/C20H27N3O5S/c1-3-11-27-15-7-5-14(6-8-15)18(25)22-20(29)23-10-9-21-19(26)16(23)13-17(24)28-12-4-2/h5-8,16H,3-4,9-13H2,1-2H3,(H,21,26)(H,22,25,29)/t16-/m1/s1. The third kappa shape index (κ3) is 6.70. The molecule has 0 saturated carbocycles. The molecule has 0 radical (unpaired) electrons. The van der Waals surface area contributed by atoms with Crippen LogP contribution in [0.25, 0.3) is 0 Å². The van der Waals surface area contributed by atoms with Crippen LogP contribution in [0, 0.1) is 0 Å². The Bertz CT molecular complexity index is 738. The number of piperazine rings is 1. The summed E-state index contributed by atoms with van der Waals surface area (Å²) in [6.45, 7) is 5.57. The lowest BCUT2D eigenvalue weighted by Gasteiger charge is -2.36. The van der Waals surface area contributed by atoms with Crippen molar-refractivity contribution < 1.29 is 23.9 Å². The summed E-state index contributed by atoms with van der Waals surface area (Å²) in [5.74, 6) is -0.505. The number of rotatable bonds is 8. The number of hydrogen-bond acceptors (Lipinski definition) is 6. The molecule has 1 fully saturated rings. The lowest BCUT2D eigenvalue weighted by Crippen LogP contribution is -2.60. The fraction of sp³-hybridized carbons (Fsp3) is 0.500. The number of carbonyl (C=O) groups excluding carboxylic acids is 3. The SMILES string of the molecule is CCCOC(=O)C[C@@H]1C(=O)NCCN1C(=S)NC(=O)c1ccc(OCCC)cc1. The minimum atomic E-state index is -0.814. The first-order valence-electron chi connectivity index (χ1n) is 9.74. The Morgan fingerprint density at radius 2 is 1.90 bits per heavy atom. The Labute approximate surface area is 175 Å². The second kappa shape index (κ2) is 11.4. The van der Waals surface area contributed by atoms with Crippen LogP contribution >= 0.6 is 12.2 Å². The number of carbonyl (C=O) groups is 3. The van der Waals surface area contributed by atoms with Crippen LogP contribution in [0.5, 0.6) is 5.75 Å². The van der Waals surface area contributed by atoms with Crippen molar-refractivity contribution in [3.05, 3.63) is 29.8 Å². The summed E-state index contributed by atoms with van der Waals surface area (Å²) >= 11 is 5.34. The highest BCUT2D eigenvalue weighted by Gasteiger charge is 2.34. The molecule has 29 heavy (non-hydrogen) atoms. The van der Waals surface area contributed by atoms with Gasteiger partial charge in [-0.15, -0.1) is 0 Å². The van der Waals surface area contributed by atoms with Crippen molar-refractivity contribution in [1.29, 1.82) is 0 Å². The van der Waals surface area contributed by atoms with Gasteiger partial charge in [-0.05, 0) is 49.3 Å². The van der Waals surface area contributed by atoms with E-state index in [1.54, 1.807) is 29.2 Å². The van der Waals surface area contributed by atoms with Gasteiger partial charge in [0.05, 0.1) is 19.6 Å². The van der Waals surface area contributed by atoms with Gasteiger partial charge in [0.1, 0.15) is 11.8 Å². The lowest BCUT2D eigenvalue weighted by molar-refractivity contribution is -0.147. The molecule has 1 aliphatic heterocycles. The molecule has 0 aliphatic carbocycles. The molecule has 8 nitrogen and oxygen atoms in total. The number of hydrogen-bond donors (Lipinski definition) is 2. The summed E-state index contributed by atoms with van der Waals surface area (Å²) in [5.41, 5.74) is 0.413. The van der Waals surface area contributed by atoms with E-state index in [0.717, 1.165) is 6.42 Å². The minimum absolute atomic E-state index is 0.101. The number of nitrogens with zero attached hydrogens (tertiary/aromatic N) is 1. The van der Waals surface area contributed by atoms with Crippen molar-refractivity contribution in [1.82, 2.24) is 15.5 Å². The molecule has 9 heteroatoms. The molecule has 0 unspecified atom stereocenters. The van der Waals surface area contributed by atoms with Crippen molar-refractivity contribution in [2.45, 2.75) is 39.2 Å². The quantitative estimate of drug-likeness (QED) is 0.486. The highest BCUT2D eigenvalue weighted by atomic mass is 32.1. The molecule has 2 N–H and O–H groups in total. The summed E-state index contributed by atoms with van der Waals surface area (Å²) in [6.07, 6.45) is 1.46. The van der Waals surface area contributed by atoms with Gasteiger partial charge in [-0.1, -0.05) is 13.8 Å². The molecule has 1 aromatic rings. The van der Waals surface area contributed by atoms with E-state index in [1.807, 2.05) is 13.8 Å². The largest absolute Gasteiger partial charge is 0.494 e. The molecule has 0 aromatic heterocycles. The predicted molar refractivity (Wildman–Crippen MR) is 112 cm³/mol. The van der Waals surface area contributed by atoms with E-state index >= 15 is 0 Å². The molecule has 0 spiro atoms. The maximum Gasteiger partial charge on any atom is 0.308 e. The zero-order chi connectivity index (χ0) is 21.2. The van der Waals surface area contributed by atoms with Crippen molar-refractivity contribution in [3.8, 4) is 5.75 Å². The van der Waals surface area contributed by atoms with Crippen LogP contribution in [0.1, 0.15) is 43.5 Å². The summed E-state index contributed by atoms with van der Waals surface area (Å²) in [4.78, 5) is 38.3. The van der Waals surface area contributed by atoms with Crippen molar-refractivity contribution in [3.63, 3.8) is 0 Å². The van der Waals surface area contributed by atoms with Crippen LogP contribution in [0.4, 0.5) is 0 Å². The molecule has 1 saturated heterocycles. The van der Waals surface area contributed by atoms with Crippen LogP contribution in [-0.4, -0.2) is 60.1 Å². The Morgan fingerprint density at radius 1 is 1.21 bits per heavy atom. The maximum atomic E-state index is 12.5. The molecular weight excluding hydrogens is 394 g/mol. The van der Waals surface area contributed by atoms with E-state index in [-0.39, 0.29) is 17.4 Å². The van der Waals surface area contributed by atoms with Gasteiger partial charge in [-0.2, -0.15) is 0 Å². The van der Waals surface area contributed by atoms with Crippen LogP contribution in [0.2, 0.25) is 0 Å². The van der Waals surface area contributed by atoms with Gasteiger partial charge in [0, 0.05) is 18.7 Å². The average Bonchev–Trinajstić information content (AvgIpc) is 2.72. The van der Waals surface area contributed by atoms with Crippen LogP contribution in [0.15, 0.2) is 24.3 Å². The van der Waals surface area contributed by atoms with Crippen molar-refractivity contribution >= 4 is 35.1 Å². The molecule has 1 aromatic carbocycles. The molecule has 1 aliphatic rings. The molecule has 0 bridgehead atoms. The van der Waals surface area contributed by atoms with Crippen LogP contribution < -0.4 is 15.4 Å². The zero-order valence-electron chi connectivity index (χ0n) is 16.7. The first kappa shape index (κ1) is 22.6. The second-order valence-corrected chi connectivity index (χ2v) is 6.94. The Kier molecular flexibility index (Phi) is 8.85. The van der Waals surface area contributed by atoms with Crippen molar-refractivity contribution in [2.75, 3.05) is 26.3 Å². The topological polar surface area (TPSA) is 97.0 Å². The van der Waals surface area contributed by atoms with Crippen molar-refractivity contribution in [2.24, 2.45) is 0 Å². The summed E-state index contributed by atoms with van der Waals surface area (Å²) < 4.78 is 10.6. The normalized spacial score (nSPS) is 16.0. The van der Waals surface area contributed by atoms with Gasteiger partial charge in [-0.25, -0.2) is 0 Å². The molecule has 1 atom stereocenters. The third-order valence-electron chi connectivity index (χ3n) is 4.23. The highest BCUT2D eigenvalue weighted by molar-refractivity contribution is 7.80. The second-order valence-electron chi connectivity index (χ2n) is 6.56.